The molecular formula is C47H28N2O. The Morgan fingerprint density at radius 1 is 0.400 bits per heavy atom. The number of hydrogen-bond acceptors (Lipinski definition) is 3. The van der Waals surface area contributed by atoms with Gasteiger partial charge >= 0.3 is 0 Å². The lowest BCUT2D eigenvalue weighted by molar-refractivity contribution is 0.669. The lowest BCUT2D eigenvalue weighted by Gasteiger charge is -2.30. The lowest BCUT2D eigenvalue weighted by atomic mass is 9.70. The fourth-order valence-corrected chi connectivity index (χ4v) is 8.74. The predicted molar refractivity (Wildman–Crippen MR) is 202 cm³/mol. The van der Waals surface area contributed by atoms with E-state index < -0.39 is 5.41 Å². The number of furan rings is 1. The van der Waals surface area contributed by atoms with Crippen molar-refractivity contribution in [1.29, 1.82) is 0 Å². The zero-order chi connectivity index (χ0) is 32.8. The van der Waals surface area contributed by atoms with Crippen LogP contribution in [0.25, 0.3) is 78.1 Å². The fourth-order valence-electron chi connectivity index (χ4n) is 8.74. The van der Waals surface area contributed by atoms with Crippen molar-refractivity contribution in [2.75, 3.05) is 0 Å². The van der Waals surface area contributed by atoms with Crippen molar-refractivity contribution in [2.45, 2.75) is 5.41 Å². The van der Waals surface area contributed by atoms with Crippen molar-refractivity contribution >= 4 is 21.9 Å². The molecule has 0 fully saturated rings. The zero-order valence-corrected chi connectivity index (χ0v) is 27.0. The highest BCUT2D eigenvalue weighted by molar-refractivity contribution is 6.09. The number of fused-ring (bicyclic) bond motifs is 13. The molecule has 0 bridgehead atoms. The largest absolute Gasteiger partial charge is 0.455 e. The second-order valence-electron chi connectivity index (χ2n) is 13.2. The number of rotatable bonds is 3. The molecule has 3 nitrogen and oxygen atoms in total. The van der Waals surface area contributed by atoms with E-state index in [9.17, 15) is 0 Å². The maximum atomic E-state index is 6.50. The summed E-state index contributed by atoms with van der Waals surface area (Å²) in [4.78, 5) is 10.6. The summed E-state index contributed by atoms with van der Waals surface area (Å²) in [6.45, 7) is 0. The summed E-state index contributed by atoms with van der Waals surface area (Å²) < 4.78 is 6.50. The first kappa shape index (κ1) is 27.4. The van der Waals surface area contributed by atoms with Crippen LogP contribution < -0.4 is 0 Å². The minimum atomic E-state index is -0.423. The second kappa shape index (κ2) is 10.2. The van der Waals surface area contributed by atoms with Crippen molar-refractivity contribution in [3.63, 3.8) is 0 Å². The van der Waals surface area contributed by atoms with E-state index in [4.69, 9.17) is 14.4 Å². The molecule has 232 valence electrons. The average Bonchev–Trinajstić information content (AvgIpc) is 3.82. The van der Waals surface area contributed by atoms with E-state index >= 15 is 0 Å². The van der Waals surface area contributed by atoms with Crippen molar-refractivity contribution in [3.8, 4) is 56.2 Å². The van der Waals surface area contributed by atoms with Crippen molar-refractivity contribution < 1.29 is 4.42 Å². The van der Waals surface area contributed by atoms with Crippen molar-refractivity contribution in [1.82, 2.24) is 9.97 Å². The Labute approximate surface area is 289 Å². The molecule has 11 rings (SSSR count). The molecule has 50 heavy (non-hydrogen) atoms. The van der Waals surface area contributed by atoms with Gasteiger partial charge in [0, 0.05) is 21.9 Å². The molecule has 2 aliphatic carbocycles. The first-order chi connectivity index (χ1) is 24.8. The highest BCUT2D eigenvalue weighted by atomic mass is 16.3. The molecule has 2 aliphatic rings. The van der Waals surface area contributed by atoms with Gasteiger partial charge in [0.25, 0.3) is 0 Å². The molecule has 0 radical (unpaired) electrons. The molecule has 2 aromatic heterocycles. The van der Waals surface area contributed by atoms with Gasteiger partial charge in [-0.2, -0.15) is 0 Å². The highest BCUT2D eigenvalue weighted by Gasteiger charge is 2.52. The smallest absolute Gasteiger partial charge is 0.164 e. The molecule has 3 heteroatoms. The normalized spacial score (nSPS) is 13.4. The van der Waals surface area contributed by atoms with Gasteiger partial charge in [-0.05, 0) is 62.7 Å². The Morgan fingerprint density at radius 3 is 1.72 bits per heavy atom. The van der Waals surface area contributed by atoms with Gasteiger partial charge in [-0.25, -0.2) is 9.97 Å². The molecule has 9 aromatic rings. The molecule has 7 aromatic carbocycles. The van der Waals surface area contributed by atoms with Crippen LogP contribution in [0.5, 0.6) is 0 Å². The van der Waals surface area contributed by atoms with Gasteiger partial charge in [0.2, 0.25) is 0 Å². The summed E-state index contributed by atoms with van der Waals surface area (Å²) in [5.41, 5.74) is 16.3. The maximum absolute atomic E-state index is 6.50. The van der Waals surface area contributed by atoms with Crippen LogP contribution in [0.15, 0.2) is 174 Å². The molecule has 1 spiro atoms. The van der Waals surface area contributed by atoms with E-state index in [1.54, 1.807) is 0 Å². The van der Waals surface area contributed by atoms with Gasteiger partial charge < -0.3 is 4.42 Å². The number of para-hydroxylation sites is 2. The standard InChI is InChI=1S/C47H28N2O/c1-2-14-29(15-3-1)41-28-42(49-46(48-41)36-22-12-20-33-32-18-7-11-27-43(32)50-45(33)36)35-21-13-26-40-44(35)34-19-6-10-25-39(34)47(40)37-23-8-4-16-30(37)31-17-5-9-24-38(31)47/h1-28H. The quantitative estimate of drug-likeness (QED) is 0.194. The van der Waals surface area contributed by atoms with Crippen LogP contribution in [0, 0.1) is 0 Å². The molecule has 0 saturated carbocycles. The van der Waals surface area contributed by atoms with Gasteiger partial charge in [-0.1, -0.05) is 152 Å². The van der Waals surface area contributed by atoms with Gasteiger partial charge in [0.05, 0.1) is 22.4 Å². The molecule has 0 amide bonds. The topological polar surface area (TPSA) is 38.9 Å². The maximum Gasteiger partial charge on any atom is 0.164 e. The third kappa shape index (κ3) is 3.58. The monoisotopic (exact) mass is 636 g/mol. The van der Waals surface area contributed by atoms with Crippen molar-refractivity contribution in [2.24, 2.45) is 0 Å². The van der Waals surface area contributed by atoms with Gasteiger partial charge in [-0.15, -0.1) is 0 Å². The van der Waals surface area contributed by atoms with E-state index in [2.05, 4.69) is 152 Å². The van der Waals surface area contributed by atoms with Crippen LogP contribution >= 0.6 is 0 Å². The van der Waals surface area contributed by atoms with Crippen LogP contribution in [-0.4, -0.2) is 9.97 Å². The van der Waals surface area contributed by atoms with Gasteiger partial charge in [0.15, 0.2) is 5.82 Å². The third-order valence-electron chi connectivity index (χ3n) is 10.7. The zero-order valence-electron chi connectivity index (χ0n) is 27.0. The van der Waals surface area contributed by atoms with Gasteiger partial charge in [0.1, 0.15) is 11.2 Å². The number of hydrogen-bond donors (Lipinski definition) is 0. The molecule has 0 unspecified atom stereocenters. The summed E-state index contributed by atoms with van der Waals surface area (Å²) in [6, 6.07) is 60.6. The number of aromatic nitrogens is 2. The Bertz CT molecular complexity index is 2780. The van der Waals surface area contributed by atoms with Crippen LogP contribution in [0.2, 0.25) is 0 Å². The minimum Gasteiger partial charge on any atom is -0.455 e. The Morgan fingerprint density at radius 2 is 0.940 bits per heavy atom. The number of benzene rings is 7. The van der Waals surface area contributed by atoms with E-state index in [0.717, 1.165) is 50.0 Å². The highest BCUT2D eigenvalue weighted by Crippen LogP contribution is 2.63. The van der Waals surface area contributed by atoms with Crippen molar-refractivity contribution in [3.05, 3.63) is 192 Å². The van der Waals surface area contributed by atoms with E-state index in [0.29, 0.717) is 5.82 Å². The fraction of sp³-hybridized carbons (Fsp3) is 0.0213. The lowest BCUT2D eigenvalue weighted by Crippen LogP contribution is -2.25. The first-order valence-electron chi connectivity index (χ1n) is 17.1. The second-order valence-corrected chi connectivity index (χ2v) is 13.2. The Hall–Kier alpha value is -6.58. The Kier molecular flexibility index (Phi) is 5.59. The third-order valence-corrected chi connectivity index (χ3v) is 10.7. The van der Waals surface area contributed by atoms with E-state index in [-0.39, 0.29) is 0 Å². The SMILES string of the molecule is c1ccc(-c2cc(-c3cccc4c3-c3ccccc3C43c4ccccc4-c4ccccc43)nc(-c3cccc4c3oc3ccccc34)n2)cc1. The summed E-state index contributed by atoms with van der Waals surface area (Å²) in [7, 11) is 0. The van der Waals surface area contributed by atoms with Crippen LogP contribution in [0.4, 0.5) is 0 Å². The summed E-state index contributed by atoms with van der Waals surface area (Å²) >= 11 is 0. The number of nitrogens with zero attached hydrogens (tertiary/aromatic N) is 2. The molecule has 0 N–H and O–H groups in total. The van der Waals surface area contributed by atoms with Crippen LogP contribution in [0.3, 0.4) is 0 Å². The molecular weight excluding hydrogens is 609 g/mol. The summed E-state index contributed by atoms with van der Waals surface area (Å²) in [5.74, 6) is 0.640. The van der Waals surface area contributed by atoms with E-state index in [1.165, 1.54) is 44.5 Å². The van der Waals surface area contributed by atoms with Crippen LogP contribution in [-0.2, 0) is 5.41 Å². The predicted octanol–water partition coefficient (Wildman–Crippen LogP) is 11.7. The first-order valence-corrected chi connectivity index (χ1v) is 17.1. The van der Waals surface area contributed by atoms with E-state index in [1.807, 2.05) is 18.2 Å². The minimum absolute atomic E-state index is 0.423. The summed E-state index contributed by atoms with van der Waals surface area (Å²) in [6.07, 6.45) is 0. The molecule has 0 atom stereocenters. The average molecular weight is 637 g/mol. The summed E-state index contributed by atoms with van der Waals surface area (Å²) in [5, 5.41) is 2.15. The molecule has 0 saturated heterocycles. The molecule has 2 heterocycles. The molecule has 0 aliphatic heterocycles. The Balaban J connectivity index is 1.22. The van der Waals surface area contributed by atoms with Crippen LogP contribution in [0.1, 0.15) is 22.3 Å². The van der Waals surface area contributed by atoms with Gasteiger partial charge in [-0.3, -0.25) is 0 Å².